The van der Waals surface area contributed by atoms with Gasteiger partial charge in [0.05, 0.1) is 5.56 Å². The fourth-order valence-electron chi connectivity index (χ4n) is 2.15. The van der Waals surface area contributed by atoms with Gasteiger partial charge in [-0.3, -0.25) is 0 Å². The maximum absolute atomic E-state index is 13.5. The zero-order valence-corrected chi connectivity index (χ0v) is 11.4. The number of alkyl halides is 3. The standard InChI is InChI=1S/C16H15F4N/c1-11(21-10-12-6-2-5-9-15(12)17)13-7-3-4-8-14(13)16(18,19)20/h2-9,11,21H,10H2,1H3. The van der Waals surface area contributed by atoms with Gasteiger partial charge in [-0.1, -0.05) is 36.4 Å². The second-order valence-corrected chi connectivity index (χ2v) is 4.78. The first-order chi connectivity index (χ1) is 9.89. The summed E-state index contributed by atoms with van der Waals surface area (Å²) in [5.74, 6) is -0.374. The smallest absolute Gasteiger partial charge is 0.306 e. The van der Waals surface area contributed by atoms with E-state index in [1.807, 2.05) is 0 Å². The Kier molecular flexibility index (Phi) is 4.63. The van der Waals surface area contributed by atoms with Crippen molar-refractivity contribution in [2.75, 3.05) is 0 Å². The predicted molar refractivity (Wildman–Crippen MR) is 73.1 cm³/mol. The molecule has 112 valence electrons. The summed E-state index contributed by atoms with van der Waals surface area (Å²) in [6.45, 7) is 1.80. The zero-order chi connectivity index (χ0) is 15.5. The van der Waals surface area contributed by atoms with Crippen molar-refractivity contribution in [2.24, 2.45) is 0 Å². The van der Waals surface area contributed by atoms with Crippen LogP contribution < -0.4 is 5.32 Å². The molecule has 0 aromatic heterocycles. The van der Waals surface area contributed by atoms with Gasteiger partial charge in [0, 0.05) is 18.2 Å². The van der Waals surface area contributed by atoms with Crippen molar-refractivity contribution in [2.45, 2.75) is 25.7 Å². The SMILES string of the molecule is CC(NCc1ccccc1F)c1ccccc1C(F)(F)F. The molecular weight excluding hydrogens is 282 g/mol. The van der Waals surface area contributed by atoms with E-state index in [0.717, 1.165) is 6.07 Å². The summed E-state index contributed by atoms with van der Waals surface area (Å²) in [7, 11) is 0. The van der Waals surface area contributed by atoms with Gasteiger partial charge in [-0.05, 0) is 24.6 Å². The fraction of sp³-hybridized carbons (Fsp3) is 0.250. The zero-order valence-electron chi connectivity index (χ0n) is 11.4. The molecule has 2 aromatic carbocycles. The molecule has 2 aromatic rings. The third kappa shape index (κ3) is 3.82. The summed E-state index contributed by atoms with van der Waals surface area (Å²) < 4.78 is 52.3. The maximum atomic E-state index is 13.5. The lowest BCUT2D eigenvalue weighted by Crippen LogP contribution is -2.22. The molecule has 0 bridgehead atoms. The lowest BCUT2D eigenvalue weighted by molar-refractivity contribution is -0.138. The van der Waals surface area contributed by atoms with Crippen LogP contribution in [0.5, 0.6) is 0 Å². The molecule has 21 heavy (non-hydrogen) atoms. The Labute approximate surface area is 120 Å². The Bertz CT molecular complexity index is 607. The number of hydrogen-bond donors (Lipinski definition) is 1. The van der Waals surface area contributed by atoms with Crippen LogP contribution in [-0.2, 0) is 12.7 Å². The molecule has 1 N–H and O–H groups in total. The molecule has 1 nitrogen and oxygen atoms in total. The lowest BCUT2D eigenvalue weighted by atomic mass is 10.0. The van der Waals surface area contributed by atoms with E-state index < -0.39 is 17.8 Å². The maximum Gasteiger partial charge on any atom is 0.416 e. The first-order valence-corrected chi connectivity index (χ1v) is 6.52. The molecular formula is C16H15F4N. The van der Waals surface area contributed by atoms with E-state index in [9.17, 15) is 17.6 Å². The second-order valence-electron chi connectivity index (χ2n) is 4.78. The van der Waals surface area contributed by atoms with Gasteiger partial charge in [0.2, 0.25) is 0 Å². The van der Waals surface area contributed by atoms with Crippen LogP contribution in [-0.4, -0.2) is 0 Å². The normalized spacial score (nSPS) is 13.2. The molecule has 0 radical (unpaired) electrons. The molecule has 0 saturated carbocycles. The molecule has 0 spiro atoms. The number of hydrogen-bond acceptors (Lipinski definition) is 1. The average molecular weight is 297 g/mol. The van der Waals surface area contributed by atoms with Crippen molar-refractivity contribution in [3.63, 3.8) is 0 Å². The van der Waals surface area contributed by atoms with Crippen LogP contribution in [0.25, 0.3) is 0 Å². The van der Waals surface area contributed by atoms with Crippen LogP contribution >= 0.6 is 0 Å². The van der Waals surface area contributed by atoms with Gasteiger partial charge >= 0.3 is 6.18 Å². The minimum Gasteiger partial charge on any atom is -0.306 e. The van der Waals surface area contributed by atoms with Crippen LogP contribution in [0.2, 0.25) is 0 Å². The first-order valence-electron chi connectivity index (χ1n) is 6.52. The van der Waals surface area contributed by atoms with Gasteiger partial charge in [0.15, 0.2) is 0 Å². The highest BCUT2D eigenvalue weighted by atomic mass is 19.4. The fourth-order valence-corrected chi connectivity index (χ4v) is 2.15. The van der Waals surface area contributed by atoms with Crippen molar-refractivity contribution in [3.8, 4) is 0 Å². The van der Waals surface area contributed by atoms with E-state index in [-0.39, 0.29) is 17.9 Å². The van der Waals surface area contributed by atoms with Gasteiger partial charge in [-0.15, -0.1) is 0 Å². The Morgan fingerprint density at radius 2 is 1.62 bits per heavy atom. The third-order valence-corrected chi connectivity index (χ3v) is 3.29. The predicted octanol–water partition coefficient (Wildman–Crippen LogP) is 4.70. The second kappa shape index (κ2) is 6.26. The van der Waals surface area contributed by atoms with Crippen LogP contribution in [0.1, 0.15) is 29.7 Å². The van der Waals surface area contributed by atoms with E-state index in [1.165, 1.54) is 18.2 Å². The highest BCUT2D eigenvalue weighted by molar-refractivity contribution is 5.32. The Hall–Kier alpha value is -1.88. The molecule has 1 atom stereocenters. The van der Waals surface area contributed by atoms with Crippen molar-refractivity contribution >= 4 is 0 Å². The van der Waals surface area contributed by atoms with Crippen molar-refractivity contribution in [3.05, 3.63) is 71.0 Å². The Balaban J connectivity index is 2.15. The summed E-state index contributed by atoms with van der Waals surface area (Å²) in [5, 5.41) is 2.93. The molecule has 0 fully saturated rings. The molecule has 0 saturated heterocycles. The van der Waals surface area contributed by atoms with Crippen LogP contribution in [0, 0.1) is 5.82 Å². The van der Waals surface area contributed by atoms with E-state index in [4.69, 9.17) is 0 Å². The van der Waals surface area contributed by atoms with Gasteiger partial charge in [-0.25, -0.2) is 4.39 Å². The number of nitrogens with one attached hydrogen (secondary N) is 1. The van der Waals surface area contributed by atoms with Gasteiger partial charge in [0.1, 0.15) is 5.82 Å². The van der Waals surface area contributed by atoms with Gasteiger partial charge < -0.3 is 5.32 Å². The van der Waals surface area contributed by atoms with Crippen molar-refractivity contribution < 1.29 is 17.6 Å². The van der Waals surface area contributed by atoms with Crippen LogP contribution in [0.3, 0.4) is 0 Å². The molecule has 2 rings (SSSR count). The third-order valence-electron chi connectivity index (χ3n) is 3.29. The lowest BCUT2D eigenvalue weighted by Gasteiger charge is -2.19. The average Bonchev–Trinajstić information content (AvgIpc) is 2.45. The monoisotopic (exact) mass is 297 g/mol. The van der Waals surface area contributed by atoms with E-state index in [1.54, 1.807) is 31.2 Å². The van der Waals surface area contributed by atoms with Crippen LogP contribution in [0.4, 0.5) is 17.6 Å². The minimum atomic E-state index is -4.40. The number of halogens is 4. The summed E-state index contributed by atoms with van der Waals surface area (Å²) in [5.41, 5.74) is -0.0892. The molecule has 0 heterocycles. The highest BCUT2D eigenvalue weighted by Gasteiger charge is 2.34. The number of rotatable bonds is 4. The highest BCUT2D eigenvalue weighted by Crippen LogP contribution is 2.34. The molecule has 5 heteroatoms. The minimum absolute atomic E-state index is 0.154. The van der Waals surface area contributed by atoms with Crippen molar-refractivity contribution in [1.82, 2.24) is 5.32 Å². The summed E-state index contributed by atoms with van der Waals surface area (Å²) in [6, 6.07) is 11.0. The molecule has 0 amide bonds. The Morgan fingerprint density at radius 3 is 2.29 bits per heavy atom. The molecule has 0 aliphatic rings. The van der Waals surface area contributed by atoms with E-state index in [0.29, 0.717) is 5.56 Å². The van der Waals surface area contributed by atoms with Gasteiger partial charge in [0.25, 0.3) is 0 Å². The van der Waals surface area contributed by atoms with E-state index in [2.05, 4.69) is 5.32 Å². The Morgan fingerprint density at radius 1 is 1.00 bits per heavy atom. The van der Waals surface area contributed by atoms with Crippen LogP contribution in [0.15, 0.2) is 48.5 Å². The van der Waals surface area contributed by atoms with Gasteiger partial charge in [-0.2, -0.15) is 13.2 Å². The largest absolute Gasteiger partial charge is 0.416 e. The van der Waals surface area contributed by atoms with E-state index >= 15 is 0 Å². The summed E-state index contributed by atoms with van der Waals surface area (Å²) in [4.78, 5) is 0. The quantitative estimate of drug-likeness (QED) is 0.807. The number of benzene rings is 2. The molecule has 1 unspecified atom stereocenters. The summed E-state index contributed by atoms with van der Waals surface area (Å²) in [6.07, 6.45) is -4.40. The van der Waals surface area contributed by atoms with Crippen molar-refractivity contribution in [1.29, 1.82) is 0 Å². The first kappa shape index (κ1) is 15.5. The molecule has 0 aliphatic heterocycles. The topological polar surface area (TPSA) is 12.0 Å². The summed E-state index contributed by atoms with van der Waals surface area (Å²) >= 11 is 0. The molecule has 0 aliphatic carbocycles.